The van der Waals surface area contributed by atoms with E-state index in [9.17, 15) is 18.8 Å². The molecule has 3 aromatic heterocycles. The molecule has 0 N–H and O–H groups in total. The molecule has 5 rings (SSSR count). The number of rotatable bonds is 4. The third kappa shape index (κ3) is 3.13. The monoisotopic (exact) mass is 428 g/mol. The molecule has 0 aliphatic heterocycles. The molecule has 0 saturated heterocycles. The summed E-state index contributed by atoms with van der Waals surface area (Å²) in [6.07, 6.45) is 3.35. The molecule has 0 unspecified atom stereocenters. The molecular formula is C24H17FN4O3. The van der Waals surface area contributed by atoms with Gasteiger partial charge in [0.05, 0.1) is 29.2 Å². The minimum absolute atomic E-state index is 0.00913. The highest BCUT2D eigenvalue weighted by molar-refractivity contribution is 6.08. The molecule has 2 aromatic carbocycles. The molecule has 0 aliphatic carbocycles. The molecule has 7 nitrogen and oxygen atoms in total. The number of carbonyl (C=O) groups excluding carboxylic acids is 1. The summed E-state index contributed by atoms with van der Waals surface area (Å²) in [5.74, 6) is -0.505. The molecule has 0 amide bonds. The van der Waals surface area contributed by atoms with Crippen LogP contribution in [0.15, 0.2) is 82.6 Å². The first-order chi connectivity index (χ1) is 15.4. The van der Waals surface area contributed by atoms with E-state index in [0.29, 0.717) is 11.1 Å². The van der Waals surface area contributed by atoms with Gasteiger partial charge in [-0.15, -0.1) is 0 Å². The zero-order chi connectivity index (χ0) is 22.4. The van der Waals surface area contributed by atoms with Crippen molar-refractivity contribution in [1.29, 1.82) is 0 Å². The molecule has 32 heavy (non-hydrogen) atoms. The molecule has 0 fully saturated rings. The Bertz CT molecular complexity index is 1630. The third-order valence-corrected chi connectivity index (χ3v) is 5.51. The summed E-state index contributed by atoms with van der Waals surface area (Å²) < 4.78 is 17.3. The molecule has 5 aromatic rings. The highest BCUT2D eigenvalue weighted by Gasteiger charge is 2.18. The topological polar surface area (TPSA) is 78.4 Å². The second kappa shape index (κ2) is 7.42. The van der Waals surface area contributed by atoms with E-state index < -0.39 is 17.1 Å². The summed E-state index contributed by atoms with van der Waals surface area (Å²) in [5.41, 5.74) is 1.08. The Hall–Kier alpha value is -4.33. The maximum Gasteiger partial charge on any atom is 0.331 e. The number of nitrogens with zero attached hydrogens (tertiary/aromatic N) is 4. The number of hydrogen-bond acceptors (Lipinski definition) is 4. The van der Waals surface area contributed by atoms with Crippen LogP contribution in [0.3, 0.4) is 0 Å². The van der Waals surface area contributed by atoms with E-state index in [0.717, 1.165) is 10.1 Å². The normalized spacial score (nSPS) is 11.3. The van der Waals surface area contributed by atoms with Crippen molar-refractivity contribution in [3.05, 3.63) is 117 Å². The van der Waals surface area contributed by atoms with Gasteiger partial charge in [-0.25, -0.2) is 14.2 Å². The van der Waals surface area contributed by atoms with Crippen molar-refractivity contribution in [2.45, 2.75) is 6.54 Å². The Morgan fingerprint density at radius 3 is 2.59 bits per heavy atom. The Morgan fingerprint density at radius 2 is 1.81 bits per heavy atom. The Morgan fingerprint density at radius 1 is 1.03 bits per heavy atom. The fourth-order valence-corrected chi connectivity index (χ4v) is 3.81. The summed E-state index contributed by atoms with van der Waals surface area (Å²) in [6, 6.07) is 15.7. The zero-order valence-electron chi connectivity index (χ0n) is 17.0. The fourth-order valence-electron chi connectivity index (χ4n) is 3.81. The van der Waals surface area contributed by atoms with Crippen LogP contribution >= 0.6 is 0 Å². The van der Waals surface area contributed by atoms with Crippen molar-refractivity contribution >= 4 is 22.2 Å². The number of pyridine rings is 1. The molecule has 8 heteroatoms. The maximum absolute atomic E-state index is 13.2. The Balaban J connectivity index is 1.64. The number of aryl methyl sites for hydroxylation is 1. The number of halogens is 1. The van der Waals surface area contributed by atoms with Crippen molar-refractivity contribution in [3.8, 4) is 0 Å². The van der Waals surface area contributed by atoms with Crippen LogP contribution in [-0.4, -0.2) is 24.3 Å². The summed E-state index contributed by atoms with van der Waals surface area (Å²) in [5, 5.41) is 0.237. The Kier molecular flexibility index (Phi) is 4.55. The van der Waals surface area contributed by atoms with Gasteiger partial charge in [-0.3, -0.25) is 23.1 Å². The molecule has 0 bridgehead atoms. The van der Waals surface area contributed by atoms with E-state index in [-0.39, 0.29) is 29.1 Å². The summed E-state index contributed by atoms with van der Waals surface area (Å²) in [4.78, 5) is 43.4. The van der Waals surface area contributed by atoms with Crippen LogP contribution in [0.1, 0.15) is 21.7 Å². The number of benzene rings is 2. The number of carbonyl (C=O) groups is 1. The molecule has 0 saturated carbocycles. The highest BCUT2D eigenvalue weighted by atomic mass is 19.1. The van der Waals surface area contributed by atoms with Crippen molar-refractivity contribution in [2.24, 2.45) is 7.05 Å². The predicted octanol–water partition coefficient (Wildman–Crippen LogP) is 2.77. The van der Waals surface area contributed by atoms with Gasteiger partial charge >= 0.3 is 5.69 Å². The van der Waals surface area contributed by atoms with Crippen LogP contribution in [0.4, 0.5) is 4.39 Å². The highest BCUT2D eigenvalue weighted by Crippen LogP contribution is 2.16. The first-order valence-electron chi connectivity index (χ1n) is 9.89. The average Bonchev–Trinajstić information content (AvgIpc) is 3.25. The van der Waals surface area contributed by atoms with E-state index in [1.807, 2.05) is 12.1 Å². The third-order valence-electron chi connectivity index (χ3n) is 5.51. The molecule has 0 aliphatic rings. The summed E-state index contributed by atoms with van der Waals surface area (Å²) >= 11 is 0. The quantitative estimate of drug-likeness (QED) is 0.413. The van der Waals surface area contributed by atoms with Crippen molar-refractivity contribution in [3.63, 3.8) is 0 Å². The van der Waals surface area contributed by atoms with Gasteiger partial charge in [-0.1, -0.05) is 18.2 Å². The van der Waals surface area contributed by atoms with Crippen molar-refractivity contribution in [1.82, 2.24) is 18.5 Å². The lowest BCUT2D eigenvalue weighted by atomic mass is 10.1. The van der Waals surface area contributed by atoms with Crippen LogP contribution < -0.4 is 11.2 Å². The second-order valence-corrected chi connectivity index (χ2v) is 7.50. The van der Waals surface area contributed by atoms with E-state index in [1.165, 1.54) is 34.9 Å². The average molecular weight is 428 g/mol. The fraction of sp³-hybridized carbons (Fsp3) is 0.0833. The lowest BCUT2D eigenvalue weighted by molar-refractivity contribution is 0.102. The molecule has 3 heterocycles. The number of imidazole rings is 1. The van der Waals surface area contributed by atoms with Gasteiger partial charge < -0.3 is 0 Å². The van der Waals surface area contributed by atoms with Gasteiger partial charge in [0, 0.05) is 18.8 Å². The molecular weight excluding hydrogens is 411 g/mol. The second-order valence-electron chi connectivity index (χ2n) is 7.50. The van der Waals surface area contributed by atoms with Gasteiger partial charge in [-0.2, -0.15) is 0 Å². The van der Waals surface area contributed by atoms with Gasteiger partial charge in [-0.05, 0) is 48.0 Å². The van der Waals surface area contributed by atoms with Crippen LogP contribution in [0.5, 0.6) is 0 Å². The van der Waals surface area contributed by atoms with Crippen LogP contribution in [0.2, 0.25) is 0 Å². The van der Waals surface area contributed by atoms with Crippen molar-refractivity contribution < 1.29 is 9.18 Å². The standard InChI is InChI=1S/C24H17FN4O3/c1-27-20-10-7-16(21(30)22-26-13-18-4-2-3-11-28(18)22)12-19(20)23(31)29(24(27)32)14-15-5-8-17(25)9-6-15/h2-13H,14H2,1H3. The minimum atomic E-state index is -0.518. The number of fused-ring (bicyclic) bond motifs is 2. The summed E-state index contributed by atoms with van der Waals surface area (Å²) in [7, 11) is 1.56. The number of aromatic nitrogens is 4. The SMILES string of the molecule is Cn1c(=O)n(Cc2ccc(F)cc2)c(=O)c2cc(C(=O)c3ncc4ccccn34)ccc21. The zero-order valence-corrected chi connectivity index (χ0v) is 17.0. The molecule has 0 atom stereocenters. The van der Waals surface area contributed by atoms with E-state index in [4.69, 9.17) is 0 Å². The van der Waals surface area contributed by atoms with Crippen LogP contribution in [0.25, 0.3) is 16.4 Å². The van der Waals surface area contributed by atoms with Gasteiger partial charge in [0.2, 0.25) is 5.78 Å². The largest absolute Gasteiger partial charge is 0.331 e. The Labute approximate surface area is 180 Å². The number of ketones is 1. The van der Waals surface area contributed by atoms with Crippen LogP contribution in [0, 0.1) is 5.82 Å². The molecule has 0 spiro atoms. The first-order valence-corrected chi connectivity index (χ1v) is 9.89. The maximum atomic E-state index is 13.2. The lowest BCUT2D eigenvalue weighted by Gasteiger charge is -2.12. The first kappa shape index (κ1) is 19.6. The smallest absolute Gasteiger partial charge is 0.297 e. The lowest BCUT2D eigenvalue weighted by Crippen LogP contribution is -2.39. The predicted molar refractivity (Wildman–Crippen MR) is 118 cm³/mol. The minimum Gasteiger partial charge on any atom is -0.297 e. The molecule has 0 radical (unpaired) electrons. The van der Waals surface area contributed by atoms with E-state index >= 15 is 0 Å². The van der Waals surface area contributed by atoms with E-state index in [1.54, 1.807) is 42.0 Å². The van der Waals surface area contributed by atoms with Crippen molar-refractivity contribution in [2.75, 3.05) is 0 Å². The van der Waals surface area contributed by atoms with E-state index in [2.05, 4.69) is 4.98 Å². The molecule has 158 valence electrons. The van der Waals surface area contributed by atoms with Gasteiger partial charge in [0.25, 0.3) is 5.56 Å². The van der Waals surface area contributed by atoms with Gasteiger partial charge in [0.15, 0.2) is 5.82 Å². The number of hydrogen-bond donors (Lipinski definition) is 0. The van der Waals surface area contributed by atoms with Crippen LogP contribution in [-0.2, 0) is 13.6 Å². The summed E-state index contributed by atoms with van der Waals surface area (Å²) in [6.45, 7) is -0.00913. The van der Waals surface area contributed by atoms with Gasteiger partial charge in [0.1, 0.15) is 5.82 Å².